The number of hydrogen-bond donors (Lipinski definition) is 2. The van der Waals surface area contributed by atoms with E-state index >= 15 is 0 Å². The van der Waals surface area contributed by atoms with Crippen molar-refractivity contribution < 1.29 is 29.3 Å². The summed E-state index contributed by atoms with van der Waals surface area (Å²) in [5, 5.41) is 22.3. The largest absolute Gasteiger partial charge is 0.507 e. The summed E-state index contributed by atoms with van der Waals surface area (Å²) in [5.41, 5.74) is 0.633. The number of aromatic hydroxyl groups is 1. The predicted molar refractivity (Wildman–Crippen MR) is 134 cm³/mol. The number of anilines is 1. The normalized spacial score (nSPS) is 17.0. The molecule has 2 N–H and O–H groups in total. The third kappa shape index (κ3) is 4.52. The molecule has 1 fully saturated rings. The third-order valence-corrected chi connectivity index (χ3v) is 6.12. The first-order chi connectivity index (χ1) is 16.8. The number of Topliss-reactive ketones (excluding diaryl/α,β-unsaturated/α-hetero) is 1. The molecule has 0 radical (unpaired) electrons. The summed E-state index contributed by atoms with van der Waals surface area (Å²) in [6, 6.07) is 14.5. The Labute approximate surface area is 211 Å². The second kappa shape index (κ2) is 9.90. The van der Waals surface area contributed by atoms with Gasteiger partial charge in [0.2, 0.25) is 0 Å². The Bertz CT molecular complexity index is 1350. The summed E-state index contributed by atoms with van der Waals surface area (Å²) in [6.07, 6.45) is 0. The first-order valence-electron chi connectivity index (χ1n) is 10.6. The lowest BCUT2D eigenvalue weighted by Gasteiger charge is -2.26. The van der Waals surface area contributed by atoms with E-state index in [9.17, 15) is 19.8 Å². The number of amides is 1. The van der Waals surface area contributed by atoms with Crippen molar-refractivity contribution in [1.82, 2.24) is 0 Å². The van der Waals surface area contributed by atoms with Crippen molar-refractivity contribution in [3.63, 3.8) is 0 Å². The van der Waals surface area contributed by atoms with Crippen LogP contribution < -0.4 is 14.4 Å². The lowest BCUT2D eigenvalue weighted by atomic mass is 9.94. The predicted octanol–water partition coefficient (Wildman–Crippen LogP) is 5.73. The molecule has 3 aromatic rings. The summed E-state index contributed by atoms with van der Waals surface area (Å²) in [5.74, 6) is -1.81. The van der Waals surface area contributed by atoms with E-state index in [-0.39, 0.29) is 27.7 Å². The molecule has 1 aliphatic rings. The number of ether oxygens (including phenoxy) is 2. The van der Waals surface area contributed by atoms with E-state index in [2.05, 4.69) is 0 Å². The summed E-state index contributed by atoms with van der Waals surface area (Å²) in [6.45, 7) is 2.19. The van der Waals surface area contributed by atoms with Crippen LogP contribution in [0.4, 0.5) is 5.69 Å². The average molecular weight is 514 g/mol. The van der Waals surface area contributed by atoms with E-state index in [0.717, 1.165) is 0 Å². The summed E-state index contributed by atoms with van der Waals surface area (Å²) in [4.78, 5) is 27.8. The van der Waals surface area contributed by atoms with Gasteiger partial charge in [-0.1, -0.05) is 35.3 Å². The molecule has 35 heavy (non-hydrogen) atoms. The second-order valence-electron chi connectivity index (χ2n) is 7.65. The van der Waals surface area contributed by atoms with Gasteiger partial charge < -0.3 is 19.7 Å². The highest BCUT2D eigenvalue weighted by molar-refractivity contribution is 6.52. The van der Waals surface area contributed by atoms with Crippen LogP contribution in [0.2, 0.25) is 10.0 Å². The number of hydrogen-bond acceptors (Lipinski definition) is 6. The number of phenolic OH excluding ortho intramolecular Hbond substituents is 1. The zero-order valence-corrected chi connectivity index (χ0v) is 20.3. The van der Waals surface area contributed by atoms with Crippen LogP contribution in [0.15, 0.2) is 66.2 Å². The van der Waals surface area contributed by atoms with Crippen molar-refractivity contribution >= 4 is 46.3 Å². The minimum Gasteiger partial charge on any atom is -0.507 e. The Morgan fingerprint density at radius 1 is 1.06 bits per heavy atom. The van der Waals surface area contributed by atoms with Gasteiger partial charge >= 0.3 is 0 Å². The molecule has 180 valence electrons. The summed E-state index contributed by atoms with van der Waals surface area (Å²) in [7, 11) is 1.40. The molecule has 1 unspecified atom stereocenters. The van der Waals surface area contributed by atoms with Crippen LogP contribution in [0.5, 0.6) is 17.2 Å². The number of rotatable bonds is 6. The molecule has 0 bridgehead atoms. The van der Waals surface area contributed by atoms with Crippen LogP contribution >= 0.6 is 23.2 Å². The van der Waals surface area contributed by atoms with Crippen LogP contribution in [0.3, 0.4) is 0 Å². The van der Waals surface area contributed by atoms with Gasteiger partial charge in [0.25, 0.3) is 11.7 Å². The summed E-state index contributed by atoms with van der Waals surface area (Å²) >= 11 is 12.5. The van der Waals surface area contributed by atoms with Crippen LogP contribution in [0.25, 0.3) is 5.76 Å². The number of aliphatic hydroxyl groups excluding tert-OH is 1. The molecular weight excluding hydrogens is 493 g/mol. The first-order valence-corrected chi connectivity index (χ1v) is 11.4. The zero-order chi connectivity index (χ0) is 25.3. The van der Waals surface area contributed by atoms with E-state index in [4.69, 9.17) is 32.7 Å². The lowest BCUT2D eigenvalue weighted by molar-refractivity contribution is -0.132. The number of carbonyl (C=O) groups is 2. The third-order valence-electron chi connectivity index (χ3n) is 5.55. The van der Waals surface area contributed by atoms with Crippen LogP contribution in [-0.2, 0) is 9.59 Å². The smallest absolute Gasteiger partial charge is 0.300 e. The van der Waals surface area contributed by atoms with Gasteiger partial charge in [-0.2, -0.15) is 0 Å². The molecule has 1 saturated heterocycles. The molecule has 7 nitrogen and oxygen atoms in total. The average Bonchev–Trinajstić information content (AvgIpc) is 3.10. The van der Waals surface area contributed by atoms with Gasteiger partial charge in [0, 0.05) is 16.3 Å². The lowest BCUT2D eigenvalue weighted by Crippen LogP contribution is -2.29. The monoisotopic (exact) mass is 513 g/mol. The minimum absolute atomic E-state index is 0.129. The maximum atomic E-state index is 13.3. The molecule has 1 atom stereocenters. The Morgan fingerprint density at radius 2 is 1.83 bits per heavy atom. The molecular formula is C26H21Cl2NO6. The Hall–Kier alpha value is -3.68. The van der Waals surface area contributed by atoms with Crippen molar-refractivity contribution in [3.8, 4) is 17.2 Å². The molecule has 4 rings (SSSR count). The quantitative estimate of drug-likeness (QED) is 0.248. The van der Waals surface area contributed by atoms with Crippen molar-refractivity contribution in [2.45, 2.75) is 13.0 Å². The second-order valence-corrected chi connectivity index (χ2v) is 8.50. The Morgan fingerprint density at radius 3 is 2.49 bits per heavy atom. The van der Waals surface area contributed by atoms with E-state index in [0.29, 0.717) is 28.6 Å². The van der Waals surface area contributed by atoms with E-state index < -0.39 is 23.5 Å². The fourth-order valence-corrected chi connectivity index (χ4v) is 4.40. The van der Waals surface area contributed by atoms with Crippen molar-refractivity contribution in [2.75, 3.05) is 18.6 Å². The number of carbonyl (C=O) groups excluding carboxylic acids is 2. The van der Waals surface area contributed by atoms with E-state index in [1.807, 2.05) is 0 Å². The van der Waals surface area contributed by atoms with Crippen molar-refractivity contribution in [3.05, 3.63) is 87.4 Å². The molecule has 0 spiro atoms. The topological polar surface area (TPSA) is 96.3 Å². The van der Waals surface area contributed by atoms with Crippen molar-refractivity contribution in [1.29, 1.82) is 0 Å². The maximum absolute atomic E-state index is 13.3. The van der Waals surface area contributed by atoms with Gasteiger partial charge in [-0.15, -0.1) is 0 Å². The Kier molecular flexibility index (Phi) is 6.91. The van der Waals surface area contributed by atoms with Gasteiger partial charge in [-0.3, -0.25) is 14.5 Å². The fourth-order valence-electron chi connectivity index (χ4n) is 4.00. The van der Waals surface area contributed by atoms with Crippen LogP contribution in [0.1, 0.15) is 24.1 Å². The molecule has 0 saturated carbocycles. The highest BCUT2D eigenvalue weighted by atomic mass is 35.5. The van der Waals surface area contributed by atoms with Crippen molar-refractivity contribution in [2.24, 2.45) is 0 Å². The van der Waals surface area contributed by atoms with Gasteiger partial charge in [-0.05, 0) is 61.0 Å². The Balaban J connectivity index is 1.98. The van der Waals surface area contributed by atoms with Gasteiger partial charge in [0.15, 0.2) is 11.5 Å². The van der Waals surface area contributed by atoms with Gasteiger partial charge in [-0.25, -0.2) is 0 Å². The zero-order valence-electron chi connectivity index (χ0n) is 18.8. The molecule has 3 aromatic carbocycles. The molecule has 1 aliphatic heterocycles. The maximum Gasteiger partial charge on any atom is 0.300 e. The number of ketones is 1. The standard InChI is InChI=1S/C26H21Cl2NO6/c1-3-35-17-8-9-19(28)18(13-17)24(31)22-23(14-7-10-21(34-2)20(30)11-14)29(26(33)25(22)32)16-6-4-5-15(27)12-16/h4-13,23,30-31H,3H2,1-2H3/b24-22+. The highest BCUT2D eigenvalue weighted by Gasteiger charge is 2.47. The molecule has 0 aromatic heterocycles. The SMILES string of the molecule is CCOc1ccc(Cl)c(/C(O)=C2\C(=O)C(=O)N(c3cccc(Cl)c3)C2c2ccc(OC)c(O)c2)c1. The molecule has 1 amide bonds. The fraction of sp³-hybridized carbons (Fsp3) is 0.154. The minimum atomic E-state index is -1.09. The van der Waals surface area contributed by atoms with E-state index in [1.165, 1.54) is 42.3 Å². The highest BCUT2D eigenvalue weighted by Crippen LogP contribution is 2.45. The van der Waals surface area contributed by atoms with Gasteiger partial charge in [0.05, 0.1) is 30.4 Å². The molecule has 9 heteroatoms. The number of halogens is 2. The number of nitrogens with zero attached hydrogens (tertiary/aromatic N) is 1. The van der Waals surface area contributed by atoms with E-state index in [1.54, 1.807) is 37.3 Å². The van der Waals surface area contributed by atoms with Gasteiger partial charge in [0.1, 0.15) is 11.5 Å². The number of benzene rings is 3. The first kappa shape index (κ1) is 24.4. The number of phenols is 1. The molecule has 1 heterocycles. The summed E-state index contributed by atoms with van der Waals surface area (Å²) < 4.78 is 10.6. The molecule has 0 aliphatic carbocycles. The van der Waals surface area contributed by atoms with Crippen LogP contribution in [-0.4, -0.2) is 35.6 Å². The van der Waals surface area contributed by atoms with Crippen LogP contribution in [0, 0.1) is 0 Å². The number of methoxy groups -OCH3 is 1. The number of aliphatic hydroxyl groups is 1.